The Hall–Kier alpha value is -1.04. The Morgan fingerprint density at radius 3 is 2.57 bits per heavy atom. The van der Waals surface area contributed by atoms with Crippen molar-refractivity contribution < 1.29 is 13.2 Å². The summed E-state index contributed by atoms with van der Waals surface area (Å²) in [5.74, 6) is 0.884. The van der Waals surface area contributed by atoms with Gasteiger partial charge in [0.2, 0.25) is 5.28 Å². The van der Waals surface area contributed by atoms with E-state index in [1.165, 1.54) is 6.42 Å². The fourth-order valence-electron chi connectivity index (χ4n) is 3.61. The second kappa shape index (κ2) is 5.63. The van der Waals surface area contributed by atoms with Crippen molar-refractivity contribution in [2.24, 2.45) is 5.92 Å². The molecule has 116 valence electrons. The zero-order valence-electron chi connectivity index (χ0n) is 11.5. The van der Waals surface area contributed by atoms with E-state index in [1.807, 2.05) is 4.90 Å². The second-order valence-electron chi connectivity index (χ2n) is 5.83. The maximum Gasteiger partial charge on any atom is 0.433 e. The van der Waals surface area contributed by atoms with E-state index in [9.17, 15) is 13.2 Å². The van der Waals surface area contributed by atoms with Gasteiger partial charge in [-0.3, -0.25) is 0 Å². The highest BCUT2D eigenvalue weighted by molar-refractivity contribution is 6.28. The maximum absolute atomic E-state index is 12.9. The van der Waals surface area contributed by atoms with E-state index in [-0.39, 0.29) is 5.28 Å². The Morgan fingerprint density at radius 2 is 1.81 bits per heavy atom. The SMILES string of the molecule is FC(F)(F)c1cc(N2CCCC3CCCCC32)nc(Cl)n1. The predicted octanol–water partition coefficient (Wildman–Crippen LogP) is 4.31. The first-order chi connectivity index (χ1) is 9.95. The molecule has 1 aromatic rings. The standard InChI is InChI=1S/C14H17ClF3N3/c15-13-19-11(14(16,17)18)8-12(20-13)21-7-3-5-9-4-1-2-6-10(9)21/h8-10H,1-7H2. The lowest BCUT2D eigenvalue weighted by Gasteiger charge is -2.44. The number of hydrogen-bond donors (Lipinski definition) is 0. The van der Waals surface area contributed by atoms with Gasteiger partial charge in [0.05, 0.1) is 0 Å². The van der Waals surface area contributed by atoms with Crippen LogP contribution in [0.15, 0.2) is 6.07 Å². The van der Waals surface area contributed by atoms with Crippen LogP contribution in [0.3, 0.4) is 0 Å². The molecule has 0 radical (unpaired) electrons. The molecule has 0 N–H and O–H groups in total. The molecule has 1 saturated carbocycles. The lowest BCUT2D eigenvalue weighted by atomic mass is 9.78. The third kappa shape index (κ3) is 3.10. The number of alkyl halides is 3. The van der Waals surface area contributed by atoms with Crippen molar-refractivity contribution in [3.05, 3.63) is 17.0 Å². The Kier molecular flexibility index (Phi) is 3.99. The monoisotopic (exact) mass is 319 g/mol. The summed E-state index contributed by atoms with van der Waals surface area (Å²) in [6.07, 6.45) is 2.18. The Morgan fingerprint density at radius 1 is 1.10 bits per heavy atom. The molecule has 21 heavy (non-hydrogen) atoms. The molecule has 1 aromatic heterocycles. The van der Waals surface area contributed by atoms with Gasteiger partial charge in [-0.25, -0.2) is 9.97 Å². The van der Waals surface area contributed by atoms with Crippen LogP contribution in [-0.4, -0.2) is 22.6 Å². The molecule has 3 rings (SSSR count). The van der Waals surface area contributed by atoms with E-state index in [0.29, 0.717) is 17.8 Å². The summed E-state index contributed by atoms with van der Waals surface area (Å²) in [6.45, 7) is 0.742. The van der Waals surface area contributed by atoms with Gasteiger partial charge in [-0.2, -0.15) is 13.2 Å². The summed E-state index contributed by atoms with van der Waals surface area (Å²) in [5, 5.41) is -0.335. The Balaban J connectivity index is 1.93. The van der Waals surface area contributed by atoms with Crippen LogP contribution in [-0.2, 0) is 6.18 Å². The van der Waals surface area contributed by atoms with Crippen LogP contribution in [0, 0.1) is 5.92 Å². The van der Waals surface area contributed by atoms with Crippen LogP contribution in [0.5, 0.6) is 0 Å². The summed E-state index contributed by atoms with van der Waals surface area (Å²) in [6, 6.07) is 1.32. The molecule has 2 fully saturated rings. The molecule has 2 atom stereocenters. The third-order valence-electron chi connectivity index (χ3n) is 4.51. The highest BCUT2D eigenvalue weighted by atomic mass is 35.5. The summed E-state index contributed by atoms with van der Waals surface area (Å²) in [7, 11) is 0. The van der Waals surface area contributed by atoms with E-state index < -0.39 is 11.9 Å². The average Bonchev–Trinajstić information content (AvgIpc) is 2.45. The molecule has 0 bridgehead atoms. The van der Waals surface area contributed by atoms with Gasteiger partial charge in [-0.05, 0) is 43.2 Å². The summed E-state index contributed by atoms with van der Waals surface area (Å²) >= 11 is 5.70. The molecule has 7 heteroatoms. The summed E-state index contributed by atoms with van der Waals surface area (Å²) < 4.78 is 38.6. The molecule has 1 saturated heterocycles. The van der Waals surface area contributed by atoms with Crippen molar-refractivity contribution in [2.45, 2.75) is 50.7 Å². The molecule has 3 nitrogen and oxygen atoms in total. The minimum absolute atomic E-state index is 0.291. The molecular weight excluding hydrogens is 303 g/mol. The minimum Gasteiger partial charge on any atom is -0.353 e. The first-order valence-electron chi connectivity index (χ1n) is 7.33. The van der Waals surface area contributed by atoms with Gasteiger partial charge in [0, 0.05) is 18.7 Å². The van der Waals surface area contributed by atoms with Crippen molar-refractivity contribution in [3.63, 3.8) is 0 Å². The number of rotatable bonds is 1. The number of fused-ring (bicyclic) bond motifs is 1. The van der Waals surface area contributed by atoms with Gasteiger partial charge in [-0.1, -0.05) is 12.8 Å². The van der Waals surface area contributed by atoms with Crippen LogP contribution in [0.25, 0.3) is 0 Å². The highest BCUT2D eigenvalue weighted by Crippen LogP contribution is 2.38. The largest absolute Gasteiger partial charge is 0.433 e. The van der Waals surface area contributed by atoms with Crippen molar-refractivity contribution in [3.8, 4) is 0 Å². The van der Waals surface area contributed by atoms with Gasteiger partial charge < -0.3 is 4.90 Å². The topological polar surface area (TPSA) is 29.0 Å². The second-order valence-corrected chi connectivity index (χ2v) is 6.16. The van der Waals surface area contributed by atoms with Crippen molar-refractivity contribution >= 4 is 17.4 Å². The molecule has 1 aliphatic heterocycles. The zero-order chi connectivity index (χ0) is 15.0. The number of halogens is 4. The van der Waals surface area contributed by atoms with E-state index in [1.54, 1.807) is 0 Å². The van der Waals surface area contributed by atoms with Gasteiger partial charge in [-0.15, -0.1) is 0 Å². The summed E-state index contributed by atoms with van der Waals surface area (Å²) in [4.78, 5) is 9.36. The fourth-order valence-corrected chi connectivity index (χ4v) is 3.78. The van der Waals surface area contributed by atoms with Gasteiger partial charge in [0.25, 0.3) is 0 Å². The van der Waals surface area contributed by atoms with E-state index in [4.69, 9.17) is 11.6 Å². The smallest absolute Gasteiger partial charge is 0.353 e. The fraction of sp³-hybridized carbons (Fsp3) is 0.714. The predicted molar refractivity (Wildman–Crippen MR) is 74.4 cm³/mol. The molecule has 0 aromatic carbocycles. The van der Waals surface area contributed by atoms with E-state index in [2.05, 4.69) is 9.97 Å². The molecule has 2 heterocycles. The summed E-state index contributed by atoms with van der Waals surface area (Å²) in [5.41, 5.74) is -0.963. The molecule has 0 spiro atoms. The number of piperidine rings is 1. The van der Waals surface area contributed by atoms with Crippen LogP contribution in [0.2, 0.25) is 5.28 Å². The Labute approximate surface area is 126 Å². The van der Waals surface area contributed by atoms with Crippen LogP contribution >= 0.6 is 11.6 Å². The molecule has 2 unspecified atom stereocenters. The van der Waals surface area contributed by atoms with E-state index >= 15 is 0 Å². The average molecular weight is 320 g/mol. The third-order valence-corrected chi connectivity index (χ3v) is 4.68. The van der Waals surface area contributed by atoms with Crippen LogP contribution in [0.4, 0.5) is 19.0 Å². The van der Waals surface area contributed by atoms with E-state index in [0.717, 1.165) is 44.7 Å². The lowest BCUT2D eigenvalue weighted by molar-refractivity contribution is -0.141. The number of aromatic nitrogens is 2. The number of nitrogens with zero attached hydrogens (tertiary/aromatic N) is 3. The lowest BCUT2D eigenvalue weighted by Crippen LogP contribution is -2.47. The zero-order valence-corrected chi connectivity index (χ0v) is 12.3. The maximum atomic E-state index is 12.9. The number of anilines is 1. The molecule has 2 aliphatic rings. The molecular formula is C14H17ClF3N3. The first kappa shape index (κ1) is 14.9. The quantitative estimate of drug-likeness (QED) is 0.722. The first-order valence-corrected chi connectivity index (χ1v) is 7.71. The van der Waals surface area contributed by atoms with Crippen molar-refractivity contribution in [2.75, 3.05) is 11.4 Å². The van der Waals surface area contributed by atoms with Gasteiger partial charge in [0.1, 0.15) is 5.82 Å². The molecule has 1 aliphatic carbocycles. The minimum atomic E-state index is -4.50. The Bertz CT molecular complexity index is 519. The normalized spacial score (nSPS) is 26.6. The molecule has 0 amide bonds. The highest BCUT2D eigenvalue weighted by Gasteiger charge is 2.37. The van der Waals surface area contributed by atoms with Crippen LogP contribution in [0.1, 0.15) is 44.2 Å². The van der Waals surface area contributed by atoms with Crippen LogP contribution < -0.4 is 4.90 Å². The van der Waals surface area contributed by atoms with Crippen molar-refractivity contribution in [1.29, 1.82) is 0 Å². The number of hydrogen-bond acceptors (Lipinski definition) is 3. The van der Waals surface area contributed by atoms with Crippen molar-refractivity contribution in [1.82, 2.24) is 9.97 Å². The van der Waals surface area contributed by atoms with Gasteiger partial charge in [0.15, 0.2) is 5.69 Å². The van der Waals surface area contributed by atoms with Gasteiger partial charge >= 0.3 is 6.18 Å².